The first-order chi connectivity index (χ1) is 6.42. The van der Waals surface area contributed by atoms with Gasteiger partial charge in [0.25, 0.3) is 0 Å². The molecule has 0 amide bonds. The van der Waals surface area contributed by atoms with E-state index in [2.05, 4.69) is 0 Å². The second-order valence-electron chi connectivity index (χ2n) is 4.94. The zero-order chi connectivity index (χ0) is 10.6. The van der Waals surface area contributed by atoms with Gasteiger partial charge < -0.3 is 15.6 Å². The van der Waals surface area contributed by atoms with E-state index < -0.39 is 16.9 Å². The summed E-state index contributed by atoms with van der Waals surface area (Å²) in [6.07, 6.45) is 1.82. The monoisotopic (exact) mass is 199 g/mol. The van der Waals surface area contributed by atoms with Crippen molar-refractivity contribution in [1.82, 2.24) is 0 Å². The summed E-state index contributed by atoms with van der Waals surface area (Å²) in [7, 11) is 0. The number of carboxylic acid groups (broad SMARTS) is 1. The van der Waals surface area contributed by atoms with Crippen molar-refractivity contribution in [3.05, 3.63) is 0 Å². The van der Waals surface area contributed by atoms with Gasteiger partial charge in [-0.25, -0.2) is 0 Å². The normalized spacial score (nSPS) is 45.1. The number of fused-ring (bicyclic) bond motifs is 1. The second-order valence-corrected chi connectivity index (χ2v) is 4.94. The molecule has 2 aliphatic rings. The number of carbonyl (C=O) groups is 1. The summed E-state index contributed by atoms with van der Waals surface area (Å²) in [4.78, 5) is 11.2. The summed E-state index contributed by atoms with van der Waals surface area (Å²) in [6.45, 7) is 4.50. The van der Waals surface area contributed by atoms with Gasteiger partial charge in [-0.05, 0) is 12.8 Å². The van der Waals surface area contributed by atoms with Crippen LogP contribution in [-0.2, 0) is 9.53 Å². The second kappa shape index (κ2) is 2.70. The van der Waals surface area contributed by atoms with Gasteiger partial charge in [0.2, 0.25) is 0 Å². The van der Waals surface area contributed by atoms with E-state index in [1.54, 1.807) is 0 Å². The van der Waals surface area contributed by atoms with Crippen molar-refractivity contribution in [1.29, 1.82) is 0 Å². The van der Waals surface area contributed by atoms with E-state index in [1.807, 2.05) is 13.8 Å². The first-order valence-corrected chi connectivity index (χ1v) is 5.06. The Balaban J connectivity index is 2.30. The molecule has 3 atom stereocenters. The summed E-state index contributed by atoms with van der Waals surface area (Å²) in [5.74, 6) is -0.905. The van der Waals surface area contributed by atoms with E-state index >= 15 is 0 Å². The Morgan fingerprint density at radius 1 is 1.57 bits per heavy atom. The van der Waals surface area contributed by atoms with Gasteiger partial charge in [-0.15, -0.1) is 0 Å². The lowest BCUT2D eigenvalue weighted by atomic mass is 9.46. The molecule has 1 saturated carbocycles. The molecule has 0 bridgehead atoms. The molecule has 0 radical (unpaired) electrons. The van der Waals surface area contributed by atoms with E-state index in [1.165, 1.54) is 0 Å². The molecule has 80 valence electrons. The van der Waals surface area contributed by atoms with E-state index in [4.69, 9.17) is 10.5 Å². The molecule has 0 aromatic carbocycles. The molecule has 0 aromatic rings. The van der Waals surface area contributed by atoms with Gasteiger partial charge >= 0.3 is 5.97 Å². The summed E-state index contributed by atoms with van der Waals surface area (Å²) in [5, 5.41) is 9.19. The van der Waals surface area contributed by atoms with Crippen molar-refractivity contribution in [2.45, 2.75) is 38.3 Å². The molecule has 4 heteroatoms. The average molecular weight is 199 g/mol. The van der Waals surface area contributed by atoms with Gasteiger partial charge in [0, 0.05) is 17.9 Å². The van der Waals surface area contributed by atoms with E-state index in [0.717, 1.165) is 19.4 Å². The smallest absolute Gasteiger partial charge is 0.324 e. The Morgan fingerprint density at radius 3 is 2.79 bits per heavy atom. The Hall–Kier alpha value is -0.610. The standard InChI is InChI=1S/C10H17NO3/c1-9(2)7-6(4-3-5-14-7)10(9,11)8(12)13/h6-7H,3-5,11H2,1-2H3,(H,12,13)/t6-,7-,10+/m0/s1. The van der Waals surface area contributed by atoms with Crippen LogP contribution in [0.25, 0.3) is 0 Å². The third kappa shape index (κ3) is 0.880. The van der Waals surface area contributed by atoms with Crippen LogP contribution in [0.5, 0.6) is 0 Å². The minimum atomic E-state index is -1.10. The van der Waals surface area contributed by atoms with Crippen LogP contribution in [0.1, 0.15) is 26.7 Å². The fourth-order valence-electron chi connectivity index (χ4n) is 3.01. The summed E-state index contributed by atoms with van der Waals surface area (Å²) < 4.78 is 5.59. The number of nitrogens with two attached hydrogens (primary N) is 1. The molecule has 2 rings (SSSR count). The molecular weight excluding hydrogens is 182 g/mol. The van der Waals surface area contributed by atoms with Crippen LogP contribution in [0, 0.1) is 11.3 Å². The first-order valence-electron chi connectivity index (χ1n) is 5.06. The first kappa shape index (κ1) is 9.93. The molecule has 1 aliphatic heterocycles. The molecule has 2 fully saturated rings. The molecule has 4 nitrogen and oxygen atoms in total. The molecule has 1 aliphatic carbocycles. The molecule has 1 saturated heterocycles. The lowest BCUT2D eigenvalue weighted by Crippen LogP contribution is -2.80. The minimum Gasteiger partial charge on any atom is -0.480 e. The predicted octanol–water partition coefficient (Wildman–Crippen LogP) is 0.603. The molecule has 0 spiro atoms. The number of ether oxygens (including phenoxy) is 1. The van der Waals surface area contributed by atoms with Crippen molar-refractivity contribution in [3.63, 3.8) is 0 Å². The number of aliphatic carboxylic acids is 1. The number of hydrogen-bond donors (Lipinski definition) is 2. The SMILES string of the molecule is CC1(C)[C@H]2OCCC[C@@H]2[C@@]1(N)C(=O)O. The molecule has 1 heterocycles. The fourth-order valence-corrected chi connectivity index (χ4v) is 3.01. The highest BCUT2D eigenvalue weighted by Gasteiger charge is 2.70. The Labute approximate surface area is 83.4 Å². The van der Waals surface area contributed by atoms with E-state index in [-0.39, 0.29) is 12.0 Å². The van der Waals surface area contributed by atoms with Gasteiger partial charge in [-0.3, -0.25) is 4.79 Å². The van der Waals surface area contributed by atoms with Crippen molar-refractivity contribution in [2.75, 3.05) is 6.61 Å². The molecular formula is C10H17NO3. The topological polar surface area (TPSA) is 72.5 Å². The van der Waals surface area contributed by atoms with Crippen molar-refractivity contribution < 1.29 is 14.6 Å². The third-order valence-electron chi connectivity index (χ3n) is 4.04. The van der Waals surface area contributed by atoms with Crippen LogP contribution >= 0.6 is 0 Å². The average Bonchev–Trinajstić information content (AvgIpc) is 2.16. The lowest BCUT2D eigenvalue weighted by Gasteiger charge is -2.63. The molecule has 0 unspecified atom stereocenters. The van der Waals surface area contributed by atoms with Crippen LogP contribution in [0.15, 0.2) is 0 Å². The van der Waals surface area contributed by atoms with Gasteiger partial charge in [0.15, 0.2) is 0 Å². The van der Waals surface area contributed by atoms with Crippen molar-refractivity contribution >= 4 is 5.97 Å². The van der Waals surface area contributed by atoms with Crippen LogP contribution < -0.4 is 5.73 Å². The summed E-state index contributed by atoms with van der Waals surface area (Å²) in [6, 6.07) is 0. The van der Waals surface area contributed by atoms with Gasteiger partial charge in [-0.1, -0.05) is 13.8 Å². The molecule has 14 heavy (non-hydrogen) atoms. The van der Waals surface area contributed by atoms with Crippen LogP contribution in [-0.4, -0.2) is 29.3 Å². The summed E-state index contributed by atoms with van der Waals surface area (Å²) >= 11 is 0. The van der Waals surface area contributed by atoms with E-state index in [0.29, 0.717) is 0 Å². The summed E-state index contributed by atoms with van der Waals surface area (Å²) in [5.41, 5.74) is 4.44. The maximum Gasteiger partial charge on any atom is 0.324 e. The zero-order valence-corrected chi connectivity index (χ0v) is 8.62. The van der Waals surface area contributed by atoms with E-state index in [9.17, 15) is 9.90 Å². The van der Waals surface area contributed by atoms with Crippen LogP contribution in [0.3, 0.4) is 0 Å². The van der Waals surface area contributed by atoms with Gasteiger partial charge in [0.05, 0.1) is 6.10 Å². The number of rotatable bonds is 1. The Kier molecular flexibility index (Phi) is 1.92. The van der Waals surface area contributed by atoms with Crippen molar-refractivity contribution in [2.24, 2.45) is 17.1 Å². The van der Waals surface area contributed by atoms with Crippen LogP contribution in [0.2, 0.25) is 0 Å². The predicted molar refractivity (Wildman–Crippen MR) is 50.8 cm³/mol. The van der Waals surface area contributed by atoms with Gasteiger partial charge in [0.1, 0.15) is 5.54 Å². The maximum atomic E-state index is 11.2. The number of carboxylic acids is 1. The van der Waals surface area contributed by atoms with Gasteiger partial charge in [-0.2, -0.15) is 0 Å². The Bertz CT molecular complexity index is 277. The largest absolute Gasteiger partial charge is 0.480 e. The molecule has 0 aromatic heterocycles. The minimum absolute atomic E-state index is 0.0104. The highest BCUT2D eigenvalue weighted by atomic mass is 16.5. The van der Waals surface area contributed by atoms with Crippen molar-refractivity contribution in [3.8, 4) is 0 Å². The fraction of sp³-hybridized carbons (Fsp3) is 0.900. The third-order valence-corrected chi connectivity index (χ3v) is 4.04. The zero-order valence-electron chi connectivity index (χ0n) is 8.62. The maximum absolute atomic E-state index is 11.2. The van der Waals surface area contributed by atoms with Crippen LogP contribution in [0.4, 0.5) is 0 Å². The highest BCUT2D eigenvalue weighted by Crippen LogP contribution is 2.57. The number of hydrogen-bond acceptors (Lipinski definition) is 3. The molecule has 3 N–H and O–H groups in total. The Morgan fingerprint density at radius 2 is 2.21 bits per heavy atom. The quantitative estimate of drug-likeness (QED) is 0.648. The lowest BCUT2D eigenvalue weighted by molar-refractivity contribution is -0.233. The highest BCUT2D eigenvalue weighted by molar-refractivity contribution is 5.82.